The third kappa shape index (κ3) is 6.22. The van der Waals surface area contributed by atoms with Gasteiger partial charge in [0.05, 0.1) is 8.07 Å². The molecule has 1 aliphatic rings. The van der Waals surface area contributed by atoms with E-state index in [1.807, 2.05) is 11.8 Å². The molecule has 0 heterocycles. The molecular weight excluding hydrogens is 383 g/mol. The molecule has 22 heavy (non-hydrogen) atoms. The maximum absolute atomic E-state index is 3.55. The summed E-state index contributed by atoms with van der Waals surface area (Å²) < 4.78 is 0. The molecule has 0 saturated heterocycles. The molecule has 1 aliphatic carbocycles. The van der Waals surface area contributed by atoms with Crippen LogP contribution in [0, 0.1) is 6.08 Å². The van der Waals surface area contributed by atoms with E-state index in [9.17, 15) is 0 Å². The van der Waals surface area contributed by atoms with Gasteiger partial charge in [-0.3, -0.25) is 6.08 Å². The number of unbranched alkanes of at least 4 members (excludes halogenated alkanes) is 1. The van der Waals surface area contributed by atoms with E-state index in [-0.39, 0.29) is 46.5 Å². The van der Waals surface area contributed by atoms with Gasteiger partial charge in [-0.1, -0.05) is 44.6 Å². The number of hydrogen-bond donors (Lipinski definition) is 0. The van der Waals surface area contributed by atoms with Gasteiger partial charge >= 0.3 is 21.7 Å². The monoisotopic (exact) mass is 405 g/mol. The van der Waals surface area contributed by atoms with Crippen molar-refractivity contribution in [2.75, 3.05) is 5.75 Å². The van der Waals surface area contributed by atoms with Gasteiger partial charge in [0, 0.05) is 4.90 Å². The first-order valence-corrected chi connectivity index (χ1v) is 11.1. The molecule has 0 amide bonds. The Morgan fingerprint density at radius 3 is 2.45 bits per heavy atom. The molecule has 0 spiro atoms. The predicted molar refractivity (Wildman–Crippen MR) is 89.7 cm³/mol. The Labute approximate surface area is 168 Å². The minimum Gasteiger partial charge on any atom is -1.00 e. The second kappa shape index (κ2) is 12.0. The first kappa shape index (κ1) is 24.8. The largest absolute Gasteiger partial charge is 3.00 e. The molecule has 0 bridgehead atoms. The van der Waals surface area contributed by atoms with E-state index in [2.05, 4.69) is 62.5 Å². The van der Waals surface area contributed by atoms with Gasteiger partial charge in [0.1, 0.15) is 0 Å². The predicted octanol–water partition coefficient (Wildman–Crippen LogP) is -1.27. The van der Waals surface area contributed by atoms with Crippen LogP contribution in [0.5, 0.6) is 0 Å². The Morgan fingerprint density at radius 2 is 1.86 bits per heavy atom. The van der Waals surface area contributed by atoms with E-state index < -0.39 is 8.07 Å². The van der Waals surface area contributed by atoms with Crippen molar-refractivity contribution in [2.24, 2.45) is 0 Å². The Balaban J connectivity index is 0. The van der Waals surface area contributed by atoms with Crippen molar-refractivity contribution in [3.8, 4) is 0 Å². The summed E-state index contributed by atoms with van der Waals surface area (Å²) in [6.45, 7) is 7.16. The van der Waals surface area contributed by atoms with E-state index >= 15 is 0 Å². The van der Waals surface area contributed by atoms with Crippen LogP contribution in [-0.2, 0) is 21.7 Å². The third-order valence-corrected chi connectivity index (χ3v) is 8.50. The van der Waals surface area contributed by atoms with Crippen LogP contribution in [0.1, 0.15) is 26.2 Å². The van der Waals surface area contributed by atoms with Crippen LogP contribution in [0.25, 0.3) is 0 Å². The zero-order valence-electron chi connectivity index (χ0n) is 13.5. The van der Waals surface area contributed by atoms with E-state index in [1.165, 1.54) is 28.7 Å². The molecule has 0 atom stereocenters. The normalized spacial score (nSPS) is 12.8. The maximum atomic E-state index is 3.55. The molecule has 1 radical (unpaired) electrons. The van der Waals surface area contributed by atoms with Crippen LogP contribution in [0.15, 0.2) is 46.5 Å². The zero-order chi connectivity index (χ0) is 13.7. The summed E-state index contributed by atoms with van der Waals surface area (Å²) in [6, 6.07) is 8.99. The smallest absolute Gasteiger partial charge is 1.00 e. The van der Waals surface area contributed by atoms with E-state index in [0.717, 1.165) is 6.42 Å². The molecule has 0 aromatic heterocycles. The van der Waals surface area contributed by atoms with Gasteiger partial charge in [-0.25, -0.2) is 11.3 Å². The van der Waals surface area contributed by atoms with Gasteiger partial charge in [0.2, 0.25) is 0 Å². The number of thioether (sulfide) groups is 1. The van der Waals surface area contributed by atoms with E-state index in [4.69, 9.17) is 0 Å². The minimum atomic E-state index is -1.55. The summed E-state index contributed by atoms with van der Waals surface area (Å²) in [5.41, 5.74) is 0. The summed E-state index contributed by atoms with van der Waals surface area (Å²) in [5, 5.41) is 3.04. The fourth-order valence-corrected chi connectivity index (χ4v) is 7.03. The Kier molecular flexibility index (Phi) is 13.5. The van der Waals surface area contributed by atoms with Crippen molar-refractivity contribution < 1.29 is 46.5 Å². The quantitative estimate of drug-likeness (QED) is 0.246. The SMILES string of the molecule is CCCCSc1ccccc1[Si](C)(C)C1=[C-]CC=C1.[Cl-].[Cl-].[Ti+3]. The second-order valence-electron chi connectivity index (χ2n) is 5.52. The molecule has 5 heteroatoms. The van der Waals surface area contributed by atoms with Crippen molar-refractivity contribution in [1.82, 2.24) is 0 Å². The minimum absolute atomic E-state index is 0. The Bertz CT molecular complexity index is 501. The van der Waals surface area contributed by atoms with Crippen molar-refractivity contribution >= 4 is 25.0 Å². The molecule has 1 aromatic carbocycles. The summed E-state index contributed by atoms with van der Waals surface area (Å²) in [4.78, 5) is 1.49. The van der Waals surface area contributed by atoms with Crippen LogP contribution >= 0.6 is 11.8 Å². The fraction of sp³-hybridized carbons (Fsp3) is 0.412. The van der Waals surface area contributed by atoms with Crippen LogP contribution < -0.4 is 30.0 Å². The summed E-state index contributed by atoms with van der Waals surface area (Å²) in [7, 11) is -1.55. The molecule has 2 rings (SSSR count). The second-order valence-corrected chi connectivity index (χ2v) is 11.0. The average Bonchev–Trinajstić information content (AvgIpc) is 2.94. The zero-order valence-corrected chi connectivity index (χ0v) is 18.3. The van der Waals surface area contributed by atoms with Gasteiger partial charge < -0.3 is 24.8 Å². The molecule has 119 valence electrons. The number of allylic oxidation sites excluding steroid dienone is 4. The van der Waals surface area contributed by atoms with Crippen LogP contribution in [0.3, 0.4) is 0 Å². The Morgan fingerprint density at radius 1 is 1.18 bits per heavy atom. The van der Waals surface area contributed by atoms with Gasteiger partial charge in [-0.05, 0) is 23.4 Å². The Hall–Kier alpha value is 0.561. The number of rotatable bonds is 6. The summed E-state index contributed by atoms with van der Waals surface area (Å²) >= 11 is 2.03. The molecule has 0 nitrogen and oxygen atoms in total. The summed E-state index contributed by atoms with van der Waals surface area (Å²) in [5.74, 6) is 1.23. The first-order chi connectivity index (χ1) is 9.16. The topological polar surface area (TPSA) is 0 Å². The van der Waals surface area contributed by atoms with Crippen LogP contribution in [0.2, 0.25) is 13.1 Å². The van der Waals surface area contributed by atoms with E-state index in [1.54, 1.807) is 5.19 Å². The molecular formula is C17H23Cl2SSiTi. The molecule has 1 aromatic rings. The fourth-order valence-electron chi connectivity index (χ4n) is 2.41. The van der Waals surface area contributed by atoms with E-state index in [0.29, 0.717) is 0 Å². The van der Waals surface area contributed by atoms with Crippen molar-refractivity contribution in [3.05, 3.63) is 47.7 Å². The molecule has 0 unspecified atom stereocenters. The summed E-state index contributed by atoms with van der Waals surface area (Å²) in [6.07, 6.45) is 11.6. The van der Waals surface area contributed by atoms with Crippen molar-refractivity contribution in [3.63, 3.8) is 0 Å². The van der Waals surface area contributed by atoms with Gasteiger partial charge in [0.25, 0.3) is 0 Å². The van der Waals surface area contributed by atoms with Crippen molar-refractivity contribution in [2.45, 2.75) is 44.2 Å². The number of benzene rings is 1. The molecule has 0 N–H and O–H groups in total. The van der Waals surface area contributed by atoms with Gasteiger partial charge in [-0.15, -0.1) is 18.2 Å². The van der Waals surface area contributed by atoms with Gasteiger partial charge in [0.15, 0.2) is 0 Å². The average molecular weight is 406 g/mol. The van der Waals surface area contributed by atoms with Crippen molar-refractivity contribution in [1.29, 1.82) is 0 Å². The third-order valence-electron chi connectivity index (χ3n) is 3.68. The standard InChI is InChI=1S/C17H23SSi.2ClH.Ti/c1-4-5-14-18-16-12-8-9-13-17(16)19(2,3)15-10-6-7-11-15;;;/h6,8-10,12-13H,4-5,7,14H2,1-3H3;2*1H;/q-1;;;+3/p-2. The first-order valence-electron chi connectivity index (χ1n) is 7.16. The number of halogens is 2. The van der Waals surface area contributed by atoms with Crippen LogP contribution in [-0.4, -0.2) is 13.8 Å². The molecule has 0 aliphatic heterocycles. The number of hydrogen-bond acceptors (Lipinski definition) is 1. The maximum Gasteiger partial charge on any atom is 3.00 e. The molecule has 0 saturated carbocycles. The van der Waals surface area contributed by atoms with Gasteiger partial charge in [-0.2, -0.15) is 6.08 Å². The van der Waals surface area contributed by atoms with Crippen LogP contribution in [0.4, 0.5) is 0 Å². The molecule has 0 fully saturated rings.